The fourth-order valence-electron chi connectivity index (χ4n) is 22.3. The number of aromatic amines is 5. The van der Waals surface area contributed by atoms with E-state index in [4.69, 9.17) is 15.1 Å². The van der Waals surface area contributed by atoms with Gasteiger partial charge in [0.25, 0.3) is 0 Å². The van der Waals surface area contributed by atoms with Crippen molar-refractivity contribution in [3.8, 4) is 6.07 Å². The molecule has 34 nitrogen and oxygen atoms in total. The molecule has 5 aliphatic carbocycles. The molecule has 10 aliphatic rings. The van der Waals surface area contributed by atoms with E-state index >= 15 is 0 Å². The summed E-state index contributed by atoms with van der Waals surface area (Å²) in [5, 5.41) is 36.1. The third kappa shape index (κ3) is 18.3. The van der Waals surface area contributed by atoms with Gasteiger partial charge in [-0.25, -0.2) is 59.4 Å². The van der Waals surface area contributed by atoms with E-state index in [-0.39, 0.29) is 48.4 Å². The number of nitrogens with one attached hydrogen (secondary N) is 6. The fraction of sp³-hybridized carbons (Fsp3) is 0.607. The molecular weight excluding hydrogens is 1560 g/mol. The van der Waals surface area contributed by atoms with Crippen LogP contribution in [0.15, 0.2) is 93.0 Å². The Balaban J connectivity index is 0.000000114. The van der Waals surface area contributed by atoms with E-state index in [0.717, 1.165) is 219 Å². The van der Waals surface area contributed by atoms with Crippen LogP contribution in [-0.4, -0.2) is 295 Å². The van der Waals surface area contributed by atoms with Gasteiger partial charge in [0.05, 0.1) is 38.6 Å². The quantitative estimate of drug-likeness (QED) is 0.0473. The van der Waals surface area contributed by atoms with Gasteiger partial charge in [0.2, 0.25) is 11.8 Å². The second-order valence-electron chi connectivity index (χ2n) is 38.7. The van der Waals surface area contributed by atoms with Gasteiger partial charge in [-0.1, -0.05) is 6.92 Å². The third-order valence-corrected chi connectivity index (χ3v) is 28.3. The summed E-state index contributed by atoms with van der Waals surface area (Å²) in [6, 6.07) is 14.7. The first kappa shape index (κ1) is 85.5. The number of fused-ring (bicyclic) bond motifs is 10. The molecule has 123 heavy (non-hydrogen) atoms. The molecule has 0 bridgehead atoms. The summed E-state index contributed by atoms with van der Waals surface area (Å²) in [4.78, 5) is 129. The summed E-state index contributed by atoms with van der Waals surface area (Å²) in [6.07, 6.45) is 28.4. The van der Waals surface area contributed by atoms with E-state index in [9.17, 15) is 24.3 Å². The van der Waals surface area contributed by atoms with Crippen LogP contribution >= 0.6 is 0 Å². The maximum atomic E-state index is 12.5. The molecule has 5 saturated heterocycles. The Morgan fingerprint density at radius 3 is 1.10 bits per heavy atom. The van der Waals surface area contributed by atoms with E-state index in [1.165, 1.54) is 12.8 Å². The number of nitriles is 1. The van der Waals surface area contributed by atoms with Crippen LogP contribution in [0.25, 0.3) is 55.2 Å². The number of carbonyl (C=O) groups excluding carboxylic acids is 4. The number of ether oxygens (including phenoxy) is 1. The molecule has 10 fully saturated rings. The van der Waals surface area contributed by atoms with Gasteiger partial charge in [-0.2, -0.15) is 5.26 Å². The molecule has 10 aromatic rings. The highest BCUT2D eigenvalue weighted by atomic mass is 16.6. The maximum Gasteiger partial charge on any atom is 0.410 e. The number of anilines is 5. The lowest BCUT2D eigenvalue weighted by Gasteiger charge is -2.30. The highest BCUT2D eigenvalue weighted by Crippen LogP contribution is 2.52. The molecular formula is C89H123N27O7. The smallest absolute Gasteiger partial charge is 0.410 e. The zero-order chi connectivity index (χ0) is 86.5. The first-order valence-electron chi connectivity index (χ1n) is 44.0. The minimum absolute atomic E-state index is 0.00478. The number of β-amino-alcohol motifs (C(OH)–C–C–N with tert-alkyl or cyclic N) is 1. The average Bonchev–Trinajstić information content (AvgIpc) is 1.60. The minimum Gasteiger partial charge on any atom is -0.444 e. The van der Waals surface area contributed by atoms with Gasteiger partial charge >= 0.3 is 12.1 Å². The van der Waals surface area contributed by atoms with Gasteiger partial charge in [-0.3, -0.25) is 14.5 Å². The van der Waals surface area contributed by atoms with Gasteiger partial charge in [0.15, 0.2) is 0 Å². The van der Waals surface area contributed by atoms with Gasteiger partial charge < -0.3 is 89.3 Å². The van der Waals surface area contributed by atoms with Crippen LogP contribution in [0.4, 0.5) is 38.7 Å². The number of aliphatic hydroxyl groups is 2. The molecule has 15 atom stereocenters. The van der Waals surface area contributed by atoms with Gasteiger partial charge in [0, 0.05) is 174 Å². The number of amides is 5. The van der Waals surface area contributed by atoms with E-state index in [2.05, 4.69) is 158 Å². The number of likely N-dealkylation sites (tertiary alicyclic amines) is 5. The maximum absolute atomic E-state index is 12.5. The minimum atomic E-state index is -0.602. The summed E-state index contributed by atoms with van der Waals surface area (Å²) in [5.74, 6) is 10.0. The lowest BCUT2D eigenvalue weighted by molar-refractivity contribution is -0.133. The van der Waals surface area contributed by atoms with E-state index < -0.39 is 11.2 Å². The first-order chi connectivity index (χ1) is 58.9. The van der Waals surface area contributed by atoms with Crippen molar-refractivity contribution in [3.63, 3.8) is 0 Å². The Labute approximate surface area is 718 Å². The van der Waals surface area contributed by atoms with Gasteiger partial charge in [0.1, 0.15) is 108 Å². The van der Waals surface area contributed by atoms with Gasteiger partial charge in [-0.15, -0.1) is 0 Å². The topological polar surface area (TPSA) is 394 Å². The Bertz CT molecular complexity index is 5360. The highest BCUT2D eigenvalue weighted by molar-refractivity contribution is 5.91. The number of hydrogen-bond donors (Lipinski definition) is 8. The predicted octanol–water partition coefficient (Wildman–Crippen LogP) is 9.70. The van der Waals surface area contributed by atoms with Crippen molar-refractivity contribution in [2.45, 2.75) is 173 Å². The Morgan fingerprint density at radius 2 is 0.797 bits per heavy atom. The molecule has 20 rings (SSSR count). The third-order valence-electron chi connectivity index (χ3n) is 28.3. The van der Waals surface area contributed by atoms with E-state index in [0.29, 0.717) is 71.6 Å². The number of nitrogens with zero attached hydrogens (tertiary/aromatic N) is 21. The summed E-state index contributed by atoms with van der Waals surface area (Å²) in [7, 11) is 10.6. The van der Waals surface area contributed by atoms with Crippen molar-refractivity contribution in [1.82, 2.24) is 105 Å². The highest BCUT2D eigenvalue weighted by Gasteiger charge is 2.54. The second kappa shape index (κ2) is 35.3. The molecule has 0 spiro atoms. The van der Waals surface area contributed by atoms with E-state index in [1.54, 1.807) is 36.5 Å². The number of H-pyrrole nitrogens is 5. The fourth-order valence-corrected chi connectivity index (χ4v) is 22.3. The Kier molecular flexibility index (Phi) is 24.5. The van der Waals surface area contributed by atoms with Crippen LogP contribution in [0.5, 0.6) is 0 Å². The zero-order valence-electron chi connectivity index (χ0n) is 73.4. The molecule has 4 unspecified atom stereocenters. The zero-order valence-corrected chi connectivity index (χ0v) is 73.4. The van der Waals surface area contributed by atoms with Crippen LogP contribution in [0.3, 0.4) is 0 Å². The number of carbonyl (C=O) groups is 4. The summed E-state index contributed by atoms with van der Waals surface area (Å²) in [5.41, 5.74) is 3.45. The normalized spacial score (nSPS) is 26.7. The number of rotatable bonds is 15. The predicted molar refractivity (Wildman–Crippen MR) is 472 cm³/mol. The monoisotopic (exact) mass is 1680 g/mol. The van der Waals surface area contributed by atoms with Crippen LogP contribution in [-0.2, 0) is 14.3 Å². The van der Waals surface area contributed by atoms with Crippen molar-refractivity contribution in [1.29, 1.82) is 5.26 Å². The Morgan fingerprint density at radius 1 is 0.480 bits per heavy atom. The molecule has 5 amide bonds. The molecule has 5 saturated carbocycles. The Hall–Kier alpha value is -11.1. The van der Waals surface area contributed by atoms with E-state index in [1.807, 2.05) is 124 Å². The first-order valence-corrected chi connectivity index (χ1v) is 44.0. The summed E-state index contributed by atoms with van der Waals surface area (Å²) in [6.45, 7) is 24.9. The lowest BCUT2D eigenvalue weighted by atomic mass is 9.83. The van der Waals surface area contributed by atoms with Crippen LogP contribution in [0.1, 0.15) is 126 Å². The summed E-state index contributed by atoms with van der Waals surface area (Å²) >= 11 is 0. The largest absolute Gasteiger partial charge is 0.444 e. The SMILES string of the molecule is CC(C)NC(=O)N1C[C@H]2CC(N(C)c3ncnc4[nH]ccc34)C[C@H]2C1.CN(c1ncnc2[nH]ccc12)C1C[C@@H]2CN(C(=O)CC#N)C[C@@H]2C1.CN(c1ncnc2[nH]ccc12)C1C[C@@H]2CN(C(=O)CO)C[C@@H]2C1.CN(c1ncnc2[nH]ccc12)C1C[C@@H]2CN(CC(C)(C)O)C[C@@H]2C1.CN(c1ncnc2[nH]ccc12)[C@H]1C[C@@H]2CN(C(=O)OC(C)(C)C)C[C@]2(C)C1. The van der Waals surface area contributed by atoms with Crippen molar-refractivity contribution in [2.75, 3.05) is 138 Å². The van der Waals surface area contributed by atoms with Crippen LogP contribution in [0, 0.1) is 70.0 Å². The van der Waals surface area contributed by atoms with Crippen molar-refractivity contribution >= 4 is 108 Å². The van der Waals surface area contributed by atoms with Crippen molar-refractivity contribution in [3.05, 3.63) is 93.0 Å². The molecule has 8 N–H and O–H groups in total. The number of aromatic nitrogens is 15. The molecule has 10 aromatic heterocycles. The van der Waals surface area contributed by atoms with Crippen molar-refractivity contribution < 1.29 is 34.1 Å². The molecule has 15 heterocycles. The average molecular weight is 1680 g/mol. The number of urea groups is 1. The van der Waals surface area contributed by atoms with Gasteiger partial charge in [-0.05, 0) is 202 Å². The molecule has 656 valence electrons. The number of aliphatic hydroxyl groups excluding tert-OH is 1. The molecule has 34 heteroatoms. The molecule has 5 aliphatic heterocycles. The number of hydrogen-bond acceptors (Lipinski definition) is 24. The molecule has 0 radical (unpaired) electrons. The lowest BCUT2D eigenvalue weighted by Crippen LogP contribution is -2.42. The summed E-state index contributed by atoms with van der Waals surface area (Å²) < 4.78 is 5.57. The standard InChI is InChI=1S/C20H29N5O2.C18H26N6O.C18H27N5O.C17H20N6O.C16H21N5O2/c1-19(2,3)27-18(26)25-10-13-8-14(9-20(13,4)11-25)24(5)17-15-6-7-21-16(15)22-12-23-17;1-11(2)22-18(25)24-8-12-6-14(7-13(12)9-24)23(3)17-15-4-5-19-16(15)20-10-21-17;1-18(2,24)10-23-8-12-6-14(7-13(12)9-23)22(3)17-15-4-5-19-16(15)20-11-21-17;1-22(17-14-3-5-19-16(14)20-10-21-17)13-6-11-8-23(9-12(11)7-13)15(24)2-4-18;1-20(16-13-2-3-17-15(13)18-9-19-16)12-4-10-6-21(14(23)8-22)7-11(10)5-12/h6-7,12-14H,8-11H2,1-5H3,(H,21,22,23);4-5,10-14H,6-9H2,1-3H3,(H,22,25)(H,19,20,21);4-5,11-14,24H,6-10H2,1-3H3,(H,19,20,21);3,5,10-13H,2,6-9H2,1H3,(H,19,20,21);2-3,9-12,22H,4-8H2,1H3,(H,17,18,19)/t13-,14+,20+;2*12-,13+,14?;11-,12+,13?;10-,11+,12?/m1..../s1. The van der Waals surface area contributed by atoms with Crippen molar-refractivity contribution in [2.24, 2.45) is 58.7 Å². The van der Waals surface area contributed by atoms with Crippen LogP contribution in [0.2, 0.25) is 0 Å². The second-order valence-corrected chi connectivity index (χ2v) is 38.7. The van der Waals surface area contributed by atoms with Crippen LogP contribution < -0.4 is 29.8 Å². The molecule has 0 aromatic carbocycles.